The Bertz CT molecular complexity index is 314. The molecule has 0 spiro atoms. The van der Waals surface area contributed by atoms with E-state index in [4.69, 9.17) is 10.9 Å². The second-order valence-corrected chi connectivity index (χ2v) is 2.57. The molecule has 1 aromatic rings. The molecule has 0 fully saturated rings. The SMILES string of the molecule is CC(=O)CO.NNC(=O)c1ccncc1. The van der Waals surface area contributed by atoms with E-state index in [9.17, 15) is 9.59 Å². The van der Waals surface area contributed by atoms with E-state index in [-0.39, 0.29) is 18.3 Å². The maximum atomic E-state index is 10.7. The van der Waals surface area contributed by atoms with Crippen molar-refractivity contribution in [1.82, 2.24) is 10.4 Å². The van der Waals surface area contributed by atoms with Gasteiger partial charge in [0.25, 0.3) is 5.91 Å². The standard InChI is InChI=1S/C6H7N3O.C3H6O2/c7-9-6(10)5-1-3-8-4-2-5;1-3(5)2-4/h1-4H,7H2,(H,9,10);4H,2H2,1H3. The van der Waals surface area contributed by atoms with Gasteiger partial charge in [-0.3, -0.25) is 20.0 Å². The van der Waals surface area contributed by atoms with Gasteiger partial charge in [-0.1, -0.05) is 0 Å². The number of nitrogens with two attached hydrogens (primary N) is 1. The van der Waals surface area contributed by atoms with Gasteiger partial charge < -0.3 is 5.11 Å². The normalized spacial score (nSPS) is 8.47. The van der Waals surface area contributed by atoms with Crippen molar-refractivity contribution in [2.24, 2.45) is 5.84 Å². The van der Waals surface area contributed by atoms with Crippen molar-refractivity contribution in [1.29, 1.82) is 0 Å². The third kappa shape index (κ3) is 6.30. The maximum Gasteiger partial charge on any atom is 0.265 e. The number of aliphatic hydroxyl groups excluding tert-OH is 1. The fourth-order valence-corrected chi connectivity index (χ4v) is 0.587. The molecule has 82 valence electrons. The third-order valence-corrected chi connectivity index (χ3v) is 1.30. The molecule has 0 aliphatic carbocycles. The molecule has 15 heavy (non-hydrogen) atoms. The van der Waals surface area contributed by atoms with Crippen LogP contribution in [0.15, 0.2) is 24.5 Å². The van der Waals surface area contributed by atoms with Gasteiger partial charge in [0.15, 0.2) is 5.78 Å². The van der Waals surface area contributed by atoms with Crippen LogP contribution in [-0.2, 0) is 4.79 Å². The number of pyridine rings is 1. The van der Waals surface area contributed by atoms with E-state index < -0.39 is 0 Å². The van der Waals surface area contributed by atoms with Crippen LogP contribution >= 0.6 is 0 Å². The highest BCUT2D eigenvalue weighted by molar-refractivity contribution is 5.93. The summed E-state index contributed by atoms with van der Waals surface area (Å²) in [6, 6.07) is 3.17. The lowest BCUT2D eigenvalue weighted by atomic mass is 10.3. The fourth-order valence-electron chi connectivity index (χ4n) is 0.587. The molecule has 6 nitrogen and oxygen atoms in total. The van der Waals surface area contributed by atoms with Gasteiger partial charge in [-0.2, -0.15) is 0 Å². The number of nitrogens with zero attached hydrogens (tertiary/aromatic N) is 1. The minimum absolute atomic E-state index is 0.190. The van der Waals surface area contributed by atoms with Crippen molar-refractivity contribution in [2.75, 3.05) is 6.61 Å². The Hall–Kier alpha value is -1.79. The molecule has 1 rings (SSSR count). The zero-order chi connectivity index (χ0) is 11.7. The molecule has 0 atom stereocenters. The first-order valence-corrected chi connectivity index (χ1v) is 4.13. The summed E-state index contributed by atoms with van der Waals surface area (Å²) >= 11 is 0. The molecule has 6 heteroatoms. The summed E-state index contributed by atoms with van der Waals surface area (Å²) in [5.41, 5.74) is 2.53. The Morgan fingerprint density at radius 1 is 1.47 bits per heavy atom. The number of amides is 1. The molecule has 0 unspecified atom stereocenters. The number of hydrazine groups is 1. The number of ketones is 1. The van der Waals surface area contributed by atoms with Crippen LogP contribution in [0.5, 0.6) is 0 Å². The number of nitrogens with one attached hydrogen (secondary N) is 1. The number of aliphatic hydroxyl groups is 1. The predicted octanol–water partition coefficient (Wildman–Crippen LogP) is -0.747. The second-order valence-electron chi connectivity index (χ2n) is 2.57. The highest BCUT2D eigenvalue weighted by Crippen LogP contribution is 1.93. The number of aromatic nitrogens is 1. The second kappa shape index (κ2) is 7.60. The van der Waals surface area contributed by atoms with Gasteiger partial charge >= 0.3 is 0 Å². The molecule has 1 heterocycles. The summed E-state index contributed by atoms with van der Waals surface area (Å²) in [6.07, 6.45) is 3.06. The molecular weight excluding hydrogens is 198 g/mol. The average Bonchev–Trinajstić information content (AvgIpc) is 2.30. The number of hydrogen-bond donors (Lipinski definition) is 3. The van der Waals surface area contributed by atoms with Crippen LogP contribution in [0.25, 0.3) is 0 Å². The zero-order valence-corrected chi connectivity index (χ0v) is 8.30. The summed E-state index contributed by atoms with van der Waals surface area (Å²) in [5.74, 6) is 4.39. The van der Waals surface area contributed by atoms with Crippen LogP contribution in [-0.4, -0.2) is 28.4 Å². The molecule has 0 saturated heterocycles. The minimum Gasteiger partial charge on any atom is -0.389 e. The highest BCUT2D eigenvalue weighted by atomic mass is 16.3. The molecule has 4 N–H and O–H groups in total. The van der Waals surface area contributed by atoms with Gasteiger partial charge in [0, 0.05) is 18.0 Å². The average molecular weight is 211 g/mol. The van der Waals surface area contributed by atoms with Gasteiger partial charge in [0.1, 0.15) is 6.61 Å². The minimum atomic E-state index is -0.333. The number of Topliss-reactive ketones (excluding diaryl/α,β-unsaturated/α-hetero) is 1. The Kier molecular flexibility index (Phi) is 6.69. The van der Waals surface area contributed by atoms with E-state index in [0.717, 1.165) is 0 Å². The molecule has 1 aromatic heterocycles. The van der Waals surface area contributed by atoms with E-state index in [0.29, 0.717) is 5.56 Å². The highest BCUT2D eigenvalue weighted by Gasteiger charge is 1.98. The van der Waals surface area contributed by atoms with Crippen LogP contribution in [0.2, 0.25) is 0 Å². The largest absolute Gasteiger partial charge is 0.389 e. The van der Waals surface area contributed by atoms with Crippen LogP contribution in [0.3, 0.4) is 0 Å². The predicted molar refractivity (Wildman–Crippen MR) is 53.7 cm³/mol. The number of carbonyl (C=O) groups excluding carboxylic acids is 2. The van der Waals surface area contributed by atoms with E-state index >= 15 is 0 Å². The van der Waals surface area contributed by atoms with Gasteiger partial charge in [-0.05, 0) is 19.1 Å². The molecule has 0 radical (unpaired) electrons. The Morgan fingerprint density at radius 3 is 2.27 bits per heavy atom. The van der Waals surface area contributed by atoms with Crippen molar-refractivity contribution in [2.45, 2.75) is 6.92 Å². The van der Waals surface area contributed by atoms with E-state index in [1.807, 2.05) is 5.43 Å². The number of rotatable bonds is 2. The van der Waals surface area contributed by atoms with Crippen molar-refractivity contribution in [3.63, 3.8) is 0 Å². The molecule has 0 saturated carbocycles. The maximum absolute atomic E-state index is 10.7. The Balaban J connectivity index is 0.000000336. The lowest BCUT2D eigenvalue weighted by Crippen LogP contribution is -2.29. The summed E-state index contributed by atoms with van der Waals surface area (Å²) < 4.78 is 0. The van der Waals surface area contributed by atoms with Crippen molar-refractivity contribution >= 4 is 11.7 Å². The topological polar surface area (TPSA) is 105 Å². The van der Waals surface area contributed by atoms with E-state index in [2.05, 4.69) is 4.98 Å². The summed E-state index contributed by atoms with van der Waals surface area (Å²) in [5, 5.41) is 7.79. The monoisotopic (exact) mass is 211 g/mol. The van der Waals surface area contributed by atoms with Gasteiger partial charge in [0.05, 0.1) is 0 Å². The van der Waals surface area contributed by atoms with Crippen LogP contribution in [0.1, 0.15) is 17.3 Å². The molecule has 0 aromatic carbocycles. The van der Waals surface area contributed by atoms with E-state index in [1.54, 1.807) is 12.1 Å². The first kappa shape index (κ1) is 13.2. The summed E-state index contributed by atoms with van der Waals surface area (Å²) in [7, 11) is 0. The van der Waals surface area contributed by atoms with Crippen molar-refractivity contribution in [3.8, 4) is 0 Å². The Labute approximate surface area is 87.1 Å². The Morgan fingerprint density at radius 2 is 1.93 bits per heavy atom. The molecule has 0 aliphatic rings. The number of hydrogen-bond acceptors (Lipinski definition) is 5. The quantitative estimate of drug-likeness (QED) is 0.339. The van der Waals surface area contributed by atoms with E-state index in [1.165, 1.54) is 19.3 Å². The van der Waals surface area contributed by atoms with Crippen LogP contribution in [0.4, 0.5) is 0 Å². The molecular formula is C9H13N3O3. The van der Waals surface area contributed by atoms with Gasteiger partial charge in [-0.25, -0.2) is 5.84 Å². The number of carbonyl (C=O) groups is 2. The third-order valence-electron chi connectivity index (χ3n) is 1.30. The number of nitrogen functional groups attached to an aromatic ring is 1. The zero-order valence-electron chi connectivity index (χ0n) is 8.30. The van der Waals surface area contributed by atoms with Gasteiger partial charge in [0.2, 0.25) is 0 Å². The first-order chi connectivity index (χ1) is 7.11. The molecule has 1 amide bonds. The smallest absolute Gasteiger partial charge is 0.265 e. The summed E-state index contributed by atoms with van der Waals surface area (Å²) in [4.78, 5) is 24.1. The van der Waals surface area contributed by atoms with Crippen molar-refractivity contribution in [3.05, 3.63) is 30.1 Å². The molecule has 0 aliphatic heterocycles. The van der Waals surface area contributed by atoms with Crippen molar-refractivity contribution < 1.29 is 14.7 Å². The van der Waals surface area contributed by atoms with Crippen LogP contribution < -0.4 is 11.3 Å². The lowest BCUT2D eigenvalue weighted by Gasteiger charge is -1.95. The first-order valence-electron chi connectivity index (χ1n) is 4.13. The van der Waals surface area contributed by atoms with Crippen LogP contribution in [0, 0.1) is 0 Å². The van der Waals surface area contributed by atoms with Gasteiger partial charge in [-0.15, -0.1) is 0 Å². The molecule has 0 bridgehead atoms. The fraction of sp³-hybridized carbons (Fsp3) is 0.222. The summed E-state index contributed by atoms with van der Waals surface area (Å²) in [6.45, 7) is 1.000. The lowest BCUT2D eigenvalue weighted by molar-refractivity contribution is -0.119.